The summed E-state index contributed by atoms with van der Waals surface area (Å²) in [6.07, 6.45) is 4.37. The summed E-state index contributed by atoms with van der Waals surface area (Å²) in [6.45, 7) is 2.39. The zero-order chi connectivity index (χ0) is 16.0. The summed E-state index contributed by atoms with van der Waals surface area (Å²) in [5, 5.41) is 11.8. The van der Waals surface area contributed by atoms with E-state index in [0.29, 0.717) is 37.4 Å². The molecule has 0 aliphatic carbocycles. The van der Waals surface area contributed by atoms with Crippen molar-refractivity contribution in [3.63, 3.8) is 0 Å². The number of hydrogen-bond donors (Lipinski definition) is 0. The van der Waals surface area contributed by atoms with Crippen LogP contribution in [-0.2, 0) is 7.05 Å². The lowest BCUT2D eigenvalue weighted by molar-refractivity contribution is 0.0570. The van der Waals surface area contributed by atoms with Gasteiger partial charge in [-0.1, -0.05) is 0 Å². The van der Waals surface area contributed by atoms with Gasteiger partial charge in [0.05, 0.1) is 6.20 Å². The summed E-state index contributed by atoms with van der Waals surface area (Å²) in [6, 6.07) is 0.123. The molecule has 2 atom stereocenters. The quantitative estimate of drug-likeness (QED) is 0.771. The zero-order valence-corrected chi connectivity index (χ0v) is 12.8. The molecule has 2 fully saturated rings. The molecule has 1 amide bonds. The van der Waals surface area contributed by atoms with E-state index in [-0.39, 0.29) is 11.9 Å². The monoisotopic (exact) mass is 319 g/mol. The van der Waals surface area contributed by atoms with Crippen LogP contribution in [0, 0.1) is 0 Å². The second-order valence-corrected chi connectivity index (χ2v) is 6.11. The molecule has 8 nitrogen and oxygen atoms in total. The van der Waals surface area contributed by atoms with E-state index >= 15 is 0 Å². The molecule has 122 valence electrons. The van der Waals surface area contributed by atoms with Gasteiger partial charge in [0.15, 0.2) is 0 Å². The summed E-state index contributed by atoms with van der Waals surface area (Å²) >= 11 is 0. The second kappa shape index (κ2) is 5.41. The van der Waals surface area contributed by atoms with Gasteiger partial charge in [-0.3, -0.25) is 18.9 Å². The summed E-state index contributed by atoms with van der Waals surface area (Å²) in [5.74, 6) is 0.556. The molecule has 4 heterocycles. The van der Waals surface area contributed by atoms with Crippen molar-refractivity contribution in [3.8, 4) is 5.82 Å². The highest BCUT2D eigenvalue weighted by Crippen LogP contribution is 2.25. The predicted molar refractivity (Wildman–Crippen MR) is 78.9 cm³/mol. The van der Waals surface area contributed by atoms with Crippen molar-refractivity contribution in [1.29, 1.82) is 0 Å². The van der Waals surface area contributed by atoms with Gasteiger partial charge in [-0.25, -0.2) is 4.39 Å². The molecule has 9 heteroatoms. The van der Waals surface area contributed by atoms with Crippen molar-refractivity contribution in [2.24, 2.45) is 7.05 Å². The lowest BCUT2D eigenvalue weighted by Gasteiger charge is -2.37. The maximum atomic E-state index is 13.6. The number of aromatic nitrogens is 5. The molecule has 2 saturated heterocycles. The van der Waals surface area contributed by atoms with Crippen LogP contribution in [0.2, 0.25) is 0 Å². The van der Waals surface area contributed by atoms with Crippen LogP contribution in [0.25, 0.3) is 5.82 Å². The van der Waals surface area contributed by atoms with Crippen molar-refractivity contribution in [1.82, 2.24) is 34.3 Å². The first kappa shape index (κ1) is 14.3. The molecule has 2 aromatic heterocycles. The molecule has 2 aromatic rings. The summed E-state index contributed by atoms with van der Waals surface area (Å²) in [7, 11) is 1.77. The Bertz CT molecular complexity index is 713. The van der Waals surface area contributed by atoms with Crippen molar-refractivity contribution in [2.45, 2.75) is 18.6 Å². The third-order valence-corrected chi connectivity index (χ3v) is 4.65. The molecular formula is C14H18FN7O. The number of carbonyl (C=O) groups is 1. The smallest absolute Gasteiger partial charge is 0.259 e. The molecular weight excluding hydrogens is 301 g/mol. The largest absolute Gasteiger partial charge is 0.336 e. The molecule has 0 bridgehead atoms. The Hall–Kier alpha value is -2.29. The molecule has 2 aliphatic rings. The minimum Gasteiger partial charge on any atom is -0.336 e. The van der Waals surface area contributed by atoms with Crippen LogP contribution in [0.3, 0.4) is 0 Å². The van der Waals surface area contributed by atoms with Crippen LogP contribution in [0.1, 0.15) is 16.8 Å². The maximum absolute atomic E-state index is 13.6. The van der Waals surface area contributed by atoms with Crippen molar-refractivity contribution >= 4 is 5.91 Å². The van der Waals surface area contributed by atoms with E-state index in [1.807, 2.05) is 0 Å². The number of carbonyl (C=O) groups excluding carboxylic acids is 1. The van der Waals surface area contributed by atoms with Gasteiger partial charge in [0, 0.05) is 39.3 Å². The van der Waals surface area contributed by atoms with Gasteiger partial charge in [-0.2, -0.15) is 5.10 Å². The number of nitrogens with zero attached hydrogens (tertiary/aromatic N) is 7. The third kappa shape index (κ3) is 2.40. The first-order valence-corrected chi connectivity index (χ1v) is 7.68. The van der Waals surface area contributed by atoms with Crippen LogP contribution < -0.4 is 0 Å². The van der Waals surface area contributed by atoms with Gasteiger partial charge in [0.2, 0.25) is 0 Å². The van der Waals surface area contributed by atoms with E-state index in [9.17, 15) is 9.18 Å². The van der Waals surface area contributed by atoms with E-state index in [2.05, 4.69) is 20.2 Å². The normalized spacial score (nSPS) is 24.9. The van der Waals surface area contributed by atoms with Crippen LogP contribution in [0.5, 0.6) is 0 Å². The second-order valence-electron chi connectivity index (χ2n) is 6.11. The number of amides is 1. The molecule has 0 radical (unpaired) electrons. The van der Waals surface area contributed by atoms with E-state index in [1.165, 1.54) is 12.7 Å². The number of hydrogen-bond acceptors (Lipinski definition) is 5. The first-order valence-electron chi connectivity index (χ1n) is 7.68. The Balaban J connectivity index is 1.59. The topological polar surface area (TPSA) is 72.1 Å². The number of halogens is 1. The molecule has 0 aromatic carbocycles. The maximum Gasteiger partial charge on any atom is 0.259 e. The number of fused-ring (bicyclic) bond motifs is 1. The average Bonchev–Trinajstić information content (AvgIpc) is 3.23. The van der Waals surface area contributed by atoms with Crippen LogP contribution >= 0.6 is 0 Å². The Morgan fingerprint density at radius 2 is 2.04 bits per heavy atom. The standard InChI is InChI=1S/C14H18FN7O/c1-19-13(22-8-16-17-9-22)12(5-18-19)14(23)21-3-2-20-6-10(15)4-11(20)7-21/h5,8-11H,2-4,6-7H2,1H3/t10-,11-/m0/s1. The molecule has 0 spiro atoms. The third-order valence-electron chi connectivity index (χ3n) is 4.65. The number of aryl methyl sites for hydroxylation is 1. The minimum absolute atomic E-state index is 0.0799. The van der Waals surface area contributed by atoms with Crippen LogP contribution in [0.15, 0.2) is 18.9 Å². The fourth-order valence-corrected chi connectivity index (χ4v) is 3.53. The molecule has 0 unspecified atom stereocenters. The minimum atomic E-state index is -0.777. The van der Waals surface area contributed by atoms with Crippen molar-refractivity contribution < 1.29 is 9.18 Å². The van der Waals surface area contributed by atoms with Gasteiger partial charge in [-0.05, 0) is 6.42 Å². The van der Waals surface area contributed by atoms with E-state index in [4.69, 9.17) is 0 Å². The van der Waals surface area contributed by atoms with Gasteiger partial charge < -0.3 is 4.90 Å². The van der Waals surface area contributed by atoms with Gasteiger partial charge >= 0.3 is 0 Å². The Kier molecular flexibility index (Phi) is 3.37. The summed E-state index contributed by atoms with van der Waals surface area (Å²) < 4.78 is 16.8. The number of rotatable bonds is 2. The number of alkyl halides is 1. The molecule has 0 N–H and O–H groups in total. The van der Waals surface area contributed by atoms with E-state index < -0.39 is 6.17 Å². The highest BCUT2D eigenvalue weighted by atomic mass is 19.1. The molecule has 23 heavy (non-hydrogen) atoms. The van der Waals surface area contributed by atoms with Crippen LogP contribution in [-0.4, -0.2) is 78.6 Å². The van der Waals surface area contributed by atoms with Gasteiger partial charge in [0.1, 0.15) is 30.2 Å². The SMILES string of the molecule is Cn1ncc(C(=O)N2CCN3C[C@@H](F)C[C@H]3C2)c1-n1cnnc1. The molecule has 2 aliphatic heterocycles. The fraction of sp³-hybridized carbons (Fsp3) is 0.571. The highest BCUT2D eigenvalue weighted by molar-refractivity contribution is 5.97. The Morgan fingerprint density at radius 1 is 1.26 bits per heavy atom. The van der Waals surface area contributed by atoms with Gasteiger partial charge in [0.25, 0.3) is 5.91 Å². The zero-order valence-electron chi connectivity index (χ0n) is 12.8. The Morgan fingerprint density at radius 3 is 2.83 bits per heavy atom. The summed E-state index contributed by atoms with van der Waals surface area (Å²) in [5.41, 5.74) is 0.510. The van der Waals surface area contributed by atoms with Crippen molar-refractivity contribution in [3.05, 3.63) is 24.4 Å². The van der Waals surface area contributed by atoms with E-state index in [0.717, 1.165) is 6.54 Å². The van der Waals surface area contributed by atoms with Gasteiger partial charge in [-0.15, -0.1) is 10.2 Å². The Labute approximate surface area is 132 Å². The van der Waals surface area contributed by atoms with Crippen molar-refractivity contribution in [2.75, 3.05) is 26.2 Å². The van der Waals surface area contributed by atoms with E-state index in [1.54, 1.807) is 27.4 Å². The molecule has 4 rings (SSSR count). The lowest BCUT2D eigenvalue weighted by Crippen LogP contribution is -2.52. The van der Waals surface area contributed by atoms with Crippen LogP contribution in [0.4, 0.5) is 4.39 Å². The number of piperazine rings is 1. The predicted octanol–water partition coefficient (Wildman–Crippen LogP) is -0.131. The average molecular weight is 319 g/mol. The summed E-state index contributed by atoms with van der Waals surface area (Å²) in [4.78, 5) is 16.8. The lowest BCUT2D eigenvalue weighted by atomic mass is 10.1. The molecule has 0 saturated carbocycles. The fourth-order valence-electron chi connectivity index (χ4n) is 3.53. The highest BCUT2D eigenvalue weighted by Gasteiger charge is 2.38. The first-order chi connectivity index (χ1) is 11.1.